The van der Waals surface area contributed by atoms with E-state index in [1.165, 1.54) is 27.8 Å². The minimum Gasteiger partial charge on any atom is -0.113 e. The highest BCUT2D eigenvalue weighted by Gasteiger charge is 2.19. The quantitative estimate of drug-likeness (QED) is 0.589. The fourth-order valence-corrected chi connectivity index (χ4v) is 3.63. The first-order chi connectivity index (χ1) is 8.93. The zero-order chi connectivity index (χ0) is 14.2. The molecule has 0 saturated heterocycles. The summed E-state index contributed by atoms with van der Waals surface area (Å²) in [6, 6.07) is 10.4. The van der Waals surface area contributed by atoms with Crippen molar-refractivity contribution in [1.82, 2.24) is 0 Å². The highest BCUT2D eigenvalue weighted by molar-refractivity contribution is 9.10. The largest absolute Gasteiger partial charge is 0.113 e. The van der Waals surface area contributed by atoms with E-state index in [4.69, 9.17) is 11.6 Å². The molecule has 0 amide bonds. The molecule has 0 spiro atoms. The molecule has 2 rings (SSSR count). The predicted molar refractivity (Wildman–Crippen MR) is 87.2 cm³/mol. The van der Waals surface area contributed by atoms with Crippen LogP contribution in [0.15, 0.2) is 34.8 Å². The van der Waals surface area contributed by atoms with Gasteiger partial charge in [-0.3, -0.25) is 0 Å². The molecule has 0 aliphatic heterocycles. The number of benzene rings is 2. The Bertz CT molecular complexity index is 591. The summed E-state index contributed by atoms with van der Waals surface area (Å²) in [5, 5.41) is -0.117. The SMILES string of the molecule is Cc1cc(C)c(C)c(C(Cl)c2ccccc2Br)c1C. The van der Waals surface area contributed by atoms with Crippen LogP contribution in [0.25, 0.3) is 0 Å². The van der Waals surface area contributed by atoms with Gasteiger partial charge in [-0.05, 0) is 67.1 Å². The molecule has 0 nitrogen and oxygen atoms in total. The maximum Gasteiger partial charge on any atom is 0.0851 e. The molecule has 2 aromatic rings. The van der Waals surface area contributed by atoms with Crippen LogP contribution in [-0.2, 0) is 0 Å². The normalized spacial score (nSPS) is 12.5. The minimum absolute atomic E-state index is 0.117. The lowest BCUT2D eigenvalue weighted by Crippen LogP contribution is -2.04. The zero-order valence-corrected chi connectivity index (χ0v) is 14.1. The topological polar surface area (TPSA) is 0 Å². The van der Waals surface area contributed by atoms with Gasteiger partial charge in [0.2, 0.25) is 0 Å². The van der Waals surface area contributed by atoms with E-state index in [9.17, 15) is 0 Å². The van der Waals surface area contributed by atoms with Gasteiger partial charge in [0, 0.05) is 4.47 Å². The Morgan fingerprint density at radius 3 is 2.00 bits per heavy atom. The Morgan fingerprint density at radius 1 is 0.947 bits per heavy atom. The van der Waals surface area contributed by atoms with Gasteiger partial charge in [0.15, 0.2) is 0 Å². The first-order valence-electron chi connectivity index (χ1n) is 6.39. The molecule has 0 aliphatic rings. The highest BCUT2D eigenvalue weighted by atomic mass is 79.9. The van der Waals surface area contributed by atoms with Gasteiger partial charge in [0.05, 0.1) is 5.38 Å². The Hall–Kier alpha value is -0.790. The van der Waals surface area contributed by atoms with Gasteiger partial charge in [-0.15, -0.1) is 11.6 Å². The molecular formula is C17H18BrCl. The van der Waals surface area contributed by atoms with Gasteiger partial charge >= 0.3 is 0 Å². The van der Waals surface area contributed by atoms with Crippen molar-refractivity contribution in [3.05, 3.63) is 68.2 Å². The lowest BCUT2D eigenvalue weighted by atomic mass is 9.90. The molecule has 0 heterocycles. The van der Waals surface area contributed by atoms with E-state index in [1.54, 1.807) is 0 Å². The van der Waals surface area contributed by atoms with Gasteiger partial charge in [0.25, 0.3) is 0 Å². The first kappa shape index (κ1) is 14.6. The van der Waals surface area contributed by atoms with Crippen molar-refractivity contribution < 1.29 is 0 Å². The third-order valence-electron chi connectivity index (χ3n) is 3.86. The van der Waals surface area contributed by atoms with Gasteiger partial charge in [0.1, 0.15) is 0 Å². The molecule has 0 N–H and O–H groups in total. The Balaban J connectivity index is 2.63. The van der Waals surface area contributed by atoms with Gasteiger partial charge in [-0.25, -0.2) is 0 Å². The summed E-state index contributed by atoms with van der Waals surface area (Å²) in [5.74, 6) is 0. The summed E-state index contributed by atoms with van der Waals surface area (Å²) in [5.41, 5.74) is 7.55. The first-order valence-corrected chi connectivity index (χ1v) is 7.62. The number of halogens is 2. The second kappa shape index (κ2) is 5.68. The standard InChI is InChI=1S/C17H18BrCl/c1-10-9-11(2)13(4)16(12(10)3)17(19)14-7-5-6-8-15(14)18/h5-9,17H,1-4H3. The zero-order valence-electron chi connectivity index (χ0n) is 11.7. The fraction of sp³-hybridized carbons (Fsp3) is 0.294. The van der Waals surface area contributed by atoms with Crippen molar-refractivity contribution in [3.8, 4) is 0 Å². The molecule has 0 fully saturated rings. The summed E-state index contributed by atoms with van der Waals surface area (Å²) >= 11 is 10.4. The summed E-state index contributed by atoms with van der Waals surface area (Å²) in [6.07, 6.45) is 0. The molecule has 0 radical (unpaired) electrons. The molecule has 1 atom stereocenters. The monoisotopic (exact) mass is 336 g/mol. The predicted octanol–water partition coefficient (Wildman–Crippen LogP) is 6.01. The molecule has 2 aromatic carbocycles. The maximum atomic E-state index is 6.76. The average molecular weight is 338 g/mol. The van der Waals surface area contributed by atoms with Gasteiger partial charge in [-0.2, -0.15) is 0 Å². The van der Waals surface area contributed by atoms with Crippen LogP contribution in [0.2, 0.25) is 0 Å². The van der Waals surface area contributed by atoms with Crippen LogP contribution >= 0.6 is 27.5 Å². The van der Waals surface area contributed by atoms with E-state index < -0.39 is 0 Å². The lowest BCUT2D eigenvalue weighted by molar-refractivity contribution is 1.05. The molecule has 19 heavy (non-hydrogen) atoms. The third kappa shape index (κ3) is 2.73. The van der Waals surface area contributed by atoms with E-state index in [0.717, 1.165) is 10.0 Å². The molecule has 100 valence electrons. The summed E-state index contributed by atoms with van der Waals surface area (Å²) < 4.78 is 1.06. The molecular weight excluding hydrogens is 320 g/mol. The fourth-order valence-electron chi connectivity index (χ4n) is 2.46. The van der Waals surface area contributed by atoms with E-state index >= 15 is 0 Å². The van der Waals surface area contributed by atoms with Crippen molar-refractivity contribution >= 4 is 27.5 Å². The van der Waals surface area contributed by atoms with Gasteiger partial charge in [-0.1, -0.05) is 40.2 Å². The number of hydrogen-bond acceptors (Lipinski definition) is 0. The molecule has 0 aliphatic carbocycles. The van der Waals surface area contributed by atoms with Crippen LogP contribution in [0, 0.1) is 27.7 Å². The summed E-state index contributed by atoms with van der Waals surface area (Å²) in [4.78, 5) is 0. The van der Waals surface area contributed by atoms with E-state index in [0.29, 0.717) is 0 Å². The van der Waals surface area contributed by atoms with Crippen LogP contribution in [0.1, 0.15) is 38.8 Å². The smallest absolute Gasteiger partial charge is 0.0851 e. The molecule has 0 saturated carbocycles. The number of hydrogen-bond donors (Lipinski definition) is 0. The van der Waals surface area contributed by atoms with Crippen molar-refractivity contribution in [2.75, 3.05) is 0 Å². The number of aryl methyl sites for hydroxylation is 2. The van der Waals surface area contributed by atoms with Crippen LogP contribution < -0.4 is 0 Å². The summed E-state index contributed by atoms with van der Waals surface area (Å²) in [6.45, 7) is 8.61. The van der Waals surface area contributed by atoms with Crippen molar-refractivity contribution in [1.29, 1.82) is 0 Å². The lowest BCUT2D eigenvalue weighted by Gasteiger charge is -2.20. The van der Waals surface area contributed by atoms with E-state index in [2.05, 4.69) is 55.8 Å². The average Bonchev–Trinajstić information content (AvgIpc) is 2.37. The number of alkyl halides is 1. The summed E-state index contributed by atoms with van der Waals surface area (Å²) in [7, 11) is 0. The minimum atomic E-state index is -0.117. The molecule has 0 aromatic heterocycles. The molecule has 1 unspecified atom stereocenters. The van der Waals surface area contributed by atoms with Crippen molar-refractivity contribution in [3.63, 3.8) is 0 Å². The Kier molecular flexibility index (Phi) is 4.37. The molecule has 2 heteroatoms. The Morgan fingerprint density at radius 2 is 1.47 bits per heavy atom. The van der Waals surface area contributed by atoms with E-state index in [1.807, 2.05) is 18.2 Å². The van der Waals surface area contributed by atoms with Crippen LogP contribution in [0.3, 0.4) is 0 Å². The maximum absolute atomic E-state index is 6.76. The number of rotatable bonds is 2. The van der Waals surface area contributed by atoms with Crippen molar-refractivity contribution in [2.45, 2.75) is 33.1 Å². The van der Waals surface area contributed by atoms with Gasteiger partial charge < -0.3 is 0 Å². The van der Waals surface area contributed by atoms with E-state index in [-0.39, 0.29) is 5.38 Å². The van der Waals surface area contributed by atoms with Crippen LogP contribution in [0.4, 0.5) is 0 Å². The third-order valence-corrected chi connectivity index (χ3v) is 5.03. The highest BCUT2D eigenvalue weighted by Crippen LogP contribution is 2.38. The second-order valence-electron chi connectivity index (χ2n) is 5.06. The second-order valence-corrected chi connectivity index (χ2v) is 6.35. The van der Waals surface area contributed by atoms with Crippen molar-refractivity contribution in [2.24, 2.45) is 0 Å². The Labute approximate surface area is 128 Å². The van der Waals surface area contributed by atoms with Crippen LogP contribution in [-0.4, -0.2) is 0 Å². The van der Waals surface area contributed by atoms with Crippen LogP contribution in [0.5, 0.6) is 0 Å². The molecule has 0 bridgehead atoms.